The number of aromatic nitrogens is 2. The summed E-state index contributed by atoms with van der Waals surface area (Å²) in [6.45, 7) is 5.29. The summed E-state index contributed by atoms with van der Waals surface area (Å²) in [5.74, 6) is 0.243. The van der Waals surface area contributed by atoms with Crippen LogP contribution in [0.2, 0.25) is 0 Å². The van der Waals surface area contributed by atoms with Crippen molar-refractivity contribution in [2.24, 2.45) is 0 Å². The maximum absolute atomic E-state index is 12.9. The largest absolute Gasteiger partial charge is 0.364 e. The lowest BCUT2D eigenvalue weighted by Gasteiger charge is -2.46. The summed E-state index contributed by atoms with van der Waals surface area (Å²) in [7, 11) is 0. The molecule has 1 aliphatic heterocycles. The third-order valence-corrected chi connectivity index (χ3v) is 4.74. The molecule has 3 rings (SSSR count). The lowest BCUT2D eigenvalue weighted by molar-refractivity contribution is -0.114. The minimum atomic E-state index is -0.334. The summed E-state index contributed by atoms with van der Waals surface area (Å²) in [4.78, 5) is 22.6. The number of likely N-dealkylation sites (tertiary alicyclic amines) is 1. The van der Waals surface area contributed by atoms with Crippen molar-refractivity contribution >= 4 is 28.2 Å². The first-order valence-electron chi connectivity index (χ1n) is 7.35. The zero-order chi connectivity index (χ0) is 16.4. The van der Waals surface area contributed by atoms with Gasteiger partial charge in [-0.25, -0.2) is 14.4 Å². The zero-order valence-corrected chi connectivity index (χ0v) is 13.7. The van der Waals surface area contributed by atoms with Gasteiger partial charge in [0, 0.05) is 37.1 Å². The highest BCUT2D eigenvalue weighted by Crippen LogP contribution is 2.27. The van der Waals surface area contributed by atoms with Crippen molar-refractivity contribution < 1.29 is 9.18 Å². The minimum absolute atomic E-state index is 0.112. The number of pyridine rings is 1. The summed E-state index contributed by atoms with van der Waals surface area (Å²) in [5, 5.41) is 6.63. The van der Waals surface area contributed by atoms with E-state index < -0.39 is 0 Å². The zero-order valence-electron chi connectivity index (χ0n) is 12.9. The van der Waals surface area contributed by atoms with Gasteiger partial charge in [0.2, 0.25) is 5.91 Å². The maximum Gasteiger partial charge on any atom is 0.223 e. The van der Waals surface area contributed by atoms with Crippen molar-refractivity contribution in [1.29, 1.82) is 0 Å². The van der Waals surface area contributed by atoms with Gasteiger partial charge >= 0.3 is 0 Å². The highest BCUT2D eigenvalue weighted by Gasteiger charge is 2.35. The Balaban J connectivity index is 1.51. The first-order chi connectivity index (χ1) is 11.0. The van der Waals surface area contributed by atoms with Crippen molar-refractivity contribution in [3.05, 3.63) is 35.2 Å². The molecule has 8 heteroatoms. The molecule has 0 spiro atoms. The molecule has 2 aromatic rings. The Morgan fingerprint density at radius 1 is 1.43 bits per heavy atom. The number of nitrogens with zero attached hydrogens (tertiary/aromatic N) is 3. The molecule has 2 atom stereocenters. The number of anilines is 2. The van der Waals surface area contributed by atoms with Crippen LogP contribution in [-0.4, -0.2) is 39.4 Å². The topological polar surface area (TPSA) is 70.2 Å². The fourth-order valence-electron chi connectivity index (χ4n) is 2.50. The van der Waals surface area contributed by atoms with Crippen LogP contribution >= 0.6 is 11.3 Å². The molecular weight excluding hydrogens is 317 g/mol. The summed E-state index contributed by atoms with van der Waals surface area (Å²) < 4.78 is 12.9. The third kappa shape index (κ3) is 3.83. The van der Waals surface area contributed by atoms with Crippen molar-refractivity contribution in [3.63, 3.8) is 0 Å². The van der Waals surface area contributed by atoms with Gasteiger partial charge in [0.05, 0.1) is 12.2 Å². The van der Waals surface area contributed by atoms with Crippen LogP contribution in [0.4, 0.5) is 15.3 Å². The van der Waals surface area contributed by atoms with Gasteiger partial charge in [-0.1, -0.05) is 0 Å². The number of thiazole rings is 1. The average molecular weight is 335 g/mol. The molecule has 0 unspecified atom stereocenters. The Bertz CT molecular complexity index is 689. The summed E-state index contributed by atoms with van der Waals surface area (Å²) in [6.07, 6.45) is 3.01. The van der Waals surface area contributed by atoms with E-state index in [2.05, 4.69) is 32.4 Å². The van der Waals surface area contributed by atoms with E-state index in [9.17, 15) is 9.18 Å². The molecular formula is C15H18FN5OS. The maximum atomic E-state index is 12.9. The normalized spacial score (nSPS) is 20.8. The van der Waals surface area contributed by atoms with E-state index >= 15 is 0 Å². The molecule has 23 heavy (non-hydrogen) atoms. The van der Waals surface area contributed by atoms with Crippen molar-refractivity contribution in [2.75, 3.05) is 17.2 Å². The Kier molecular flexibility index (Phi) is 4.53. The van der Waals surface area contributed by atoms with E-state index in [1.54, 1.807) is 12.3 Å². The lowest BCUT2D eigenvalue weighted by atomic mass is 9.98. The van der Waals surface area contributed by atoms with Gasteiger partial charge < -0.3 is 10.6 Å². The molecule has 0 radical (unpaired) electrons. The SMILES string of the molecule is CC(=O)Nc1ncc(CN2C[C@@H](Nc3ccc(F)cn3)[C@H]2C)s1. The van der Waals surface area contributed by atoms with E-state index in [1.807, 2.05) is 0 Å². The molecule has 1 aliphatic rings. The standard InChI is InChI=1S/C15H18FN5OS/c1-9-13(20-14-4-3-11(16)5-17-14)8-21(9)7-12-6-18-15(23-12)19-10(2)22/h3-6,9,13H,7-8H2,1-2H3,(H,17,20)(H,18,19,22)/t9-,13-/m1/s1. The Morgan fingerprint density at radius 3 is 2.91 bits per heavy atom. The highest BCUT2D eigenvalue weighted by atomic mass is 32.1. The van der Waals surface area contributed by atoms with Gasteiger partial charge in [0.15, 0.2) is 5.13 Å². The van der Waals surface area contributed by atoms with Crippen LogP contribution in [0.3, 0.4) is 0 Å². The van der Waals surface area contributed by atoms with Crippen molar-refractivity contribution in [3.8, 4) is 0 Å². The van der Waals surface area contributed by atoms with Gasteiger partial charge in [-0.05, 0) is 19.1 Å². The second-order valence-electron chi connectivity index (χ2n) is 5.60. The van der Waals surface area contributed by atoms with Crippen LogP contribution in [0.15, 0.2) is 24.5 Å². The molecule has 0 aromatic carbocycles. The van der Waals surface area contributed by atoms with Crippen LogP contribution in [0.1, 0.15) is 18.7 Å². The quantitative estimate of drug-likeness (QED) is 0.877. The highest BCUT2D eigenvalue weighted by molar-refractivity contribution is 7.15. The molecule has 1 saturated heterocycles. The van der Waals surface area contributed by atoms with Crippen molar-refractivity contribution in [1.82, 2.24) is 14.9 Å². The number of nitrogens with one attached hydrogen (secondary N) is 2. The van der Waals surface area contributed by atoms with E-state index in [0.29, 0.717) is 17.0 Å². The number of carbonyl (C=O) groups excluding carboxylic acids is 1. The van der Waals surface area contributed by atoms with Crippen LogP contribution in [0, 0.1) is 5.82 Å². The molecule has 1 fully saturated rings. The summed E-state index contributed by atoms with van der Waals surface area (Å²) in [5.41, 5.74) is 0. The van der Waals surface area contributed by atoms with E-state index in [1.165, 1.54) is 30.5 Å². The predicted octanol–water partition coefficient (Wildman–Crippen LogP) is 2.32. The van der Waals surface area contributed by atoms with Gasteiger partial charge in [-0.2, -0.15) is 0 Å². The molecule has 0 aliphatic carbocycles. The van der Waals surface area contributed by atoms with E-state index in [-0.39, 0.29) is 17.8 Å². The van der Waals surface area contributed by atoms with Crippen LogP contribution < -0.4 is 10.6 Å². The molecule has 2 N–H and O–H groups in total. The number of carbonyl (C=O) groups is 1. The van der Waals surface area contributed by atoms with Gasteiger partial charge in [-0.15, -0.1) is 11.3 Å². The minimum Gasteiger partial charge on any atom is -0.364 e. The number of halogens is 1. The van der Waals surface area contributed by atoms with Crippen LogP contribution in [0.5, 0.6) is 0 Å². The average Bonchev–Trinajstić information content (AvgIpc) is 2.94. The first kappa shape index (κ1) is 15.8. The number of hydrogen-bond donors (Lipinski definition) is 2. The van der Waals surface area contributed by atoms with Crippen molar-refractivity contribution in [2.45, 2.75) is 32.5 Å². The van der Waals surface area contributed by atoms with E-state index in [4.69, 9.17) is 0 Å². The monoisotopic (exact) mass is 335 g/mol. The third-order valence-electron chi connectivity index (χ3n) is 3.85. The van der Waals surface area contributed by atoms with Gasteiger partial charge in [0.1, 0.15) is 11.6 Å². The van der Waals surface area contributed by atoms with Crippen LogP contribution in [-0.2, 0) is 11.3 Å². The molecule has 0 bridgehead atoms. The fraction of sp³-hybridized carbons (Fsp3) is 0.400. The fourth-order valence-corrected chi connectivity index (χ4v) is 3.39. The predicted molar refractivity (Wildman–Crippen MR) is 87.9 cm³/mol. The van der Waals surface area contributed by atoms with E-state index in [0.717, 1.165) is 18.0 Å². The molecule has 6 nitrogen and oxygen atoms in total. The summed E-state index contributed by atoms with van der Waals surface area (Å²) >= 11 is 1.49. The first-order valence-corrected chi connectivity index (χ1v) is 8.17. The van der Waals surface area contributed by atoms with Gasteiger partial charge in [-0.3, -0.25) is 9.69 Å². The smallest absolute Gasteiger partial charge is 0.223 e. The molecule has 3 heterocycles. The van der Waals surface area contributed by atoms with Gasteiger partial charge in [0.25, 0.3) is 0 Å². The molecule has 2 aromatic heterocycles. The summed E-state index contributed by atoms with van der Waals surface area (Å²) in [6, 6.07) is 3.68. The number of amides is 1. The Labute approximate surface area is 137 Å². The van der Waals surface area contributed by atoms with Crippen LogP contribution in [0.25, 0.3) is 0 Å². The molecule has 0 saturated carbocycles. The molecule has 122 valence electrons. The Hall–Kier alpha value is -2.06. The number of rotatable bonds is 5. The second kappa shape index (κ2) is 6.59. The Morgan fingerprint density at radius 2 is 2.26 bits per heavy atom. The lowest BCUT2D eigenvalue weighted by Crippen LogP contribution is -2.61. The molecule has 1 amide bonds. The second-order valence-corrected chi connectivity index (χ2v) is 6.71. The number of hydrogen-bond acceptors (Lipinski definition) is 6.